The van der Waals surface area contributed by atoms with Gasteiger partial charge in [-0.3, -0.25) is 0 Å². The molecule has 0 atom stereocenters. The van der Waals surface area contributed by atoms with E-state index < -0.39 is 0 Å². The van der Waals surface area contributed by atoms with Crippen LogP contribution in [-0.2, 0) is 11.3 Å². The van der Waals surface area contributed by atoms with Crippen molar-refractivity contribution >= 4 is 23.3 Å². The summed E-state index contributed by atoms with van der Waals surface area (Å²) in [5.74, 6) is 0.405. The Hall–Kier alpha value is -2.86. The van der Waals surface area contributed by atoms with Crippen LogP contribution in [0.2, 0.25) is 5.02 Å². The Labute approximate surface area is 149 Å². The van der Waals surface area contributed by atoms with E-state index in [-0.39, 0.29) is 12.5 Å². The lowest BCUT2D eigenvalue weighted by molar-refractivity contribution is 0.0527. The molecule has 0 amide bonds. The summed E-state index contributed by atoms with van der Waals surface area (Å²) in [6, 6.07) is 14.3. The lowest BCUT2D eigenvalue weighted by Gasteiger charge is -2.09. The SMILES string of the molecule is CCOC(=O)c1ccccc1NCc1nnc(-c2cccc(Cl)c2)o1. The molecule has 3 aromatic rings. The summed E-state index contributed by atoms with van der Waals surface area (Å²) < 4.78 is 10.7. The van der Waals surface area contributed by atoms with Crippen LogP contribution in [0.1, 0.15) is 23.2 Å². The summed E-state index contributed by atoms with van der Waals surface area (Å²) in [6.45, 7) is 2.37. The molecule has 0 radical (unpaired) electrons. The van der Waals surface area contributed by atoms with Gasteiger partial charge in [0, 0.05) is 16.3 Å². The van der Waals surface area contributed by atoms with E-state index in [1.807, 2.05) is 18.2 Å². The highest BCUT2D eigenvalue weighted by Crippen LogP contribution is 2.22. The third-order valence-corrected chi connectivity index (χ3v) is 3.63. The van der Waals surface area contributed by atoms with Gasteiger partial charge in [-0.1, -0.05) is 29.8 Å². The third kappa shape index (κ3) is 4.16. The second kappa shape index (κ2) is 7.81. The number of halogens is 1. The Morgan fingerprint density at radius 2 is 2.04 bits per heavy atom. The Balaban J connectivity index is 1.72. The van der Waals surface area contributed by atoms with Gasteiger partial charge in [0.15, 0.2) is 0 Å². The largest absolute Gasteiger partial charge is 0.462 e. The van der Waals surface area contributed by atoms with Gasteiger partial charge >= 0.3 is 5.97 Å². The molecule has 0 aliphatic rings. The van der Waals surface area contributed by atoms with Crippen molar-refractivity contribution in [3.8, 4) is 11.5 Å². The number of carbonyl (C=O) groups is 1. The van der Waals surface area contributed by atoms with E-state index in [4.69, 9.17) is 20.8 Å². The highest BCUT2D eigenvalue weighted by Gasteiger charge is 2.13. The number of para-hydroxylation sites is 1. The highest BCUT2D eigenvalue weighted by molar-refractivity contribution is 6.30. The molecule has 2 aromatic carbocycles. The molecule has 128 valence electrons. The molecule has 1 N–H and O–H groups in total. The number of hydrogen-bond donors (Lipinski definition) is 1. The summed E-state index contributed by atoms with van der Waals surface area (Å²) >= 11 is 5.97. The van der Waals surface area contributed by atoms with E-state index in [2.05, 4.69) is 15.5 Å². The molecule has 1 aromatic heterocycles. The van der Waals surface area contributed by atoms with Crippen LogP contribution in [0.4, 0.5) is 5.69 Å². The van der Waals surface area contributed by atoms with Crippen LogP contribution in [-0.4, -0.2) is 22.8 Å². The minimum Gasteiger partial charge on any atom is -0.462 e. The Bertz CT molecular complexity index is 879. The zero-order chi connectivity index (χ0) is 17.6. The van der Waals surface area contributed by atoms with Crippen molar-refractivity contribution in [2.45, 2.75) is 13.5 Å². The summed E-state index contributed by atoms with van der Waals surface area (Å²) in [5, 5.41) is 11.7. The van der Waals surface area contributed by atoms with Crippen molar-refractivity contribution in [3.63, 3.8) is 0 Å². The van der Waals surface area contributed by atoms with Crippen molar-refractivity contribution in [3.05, 3.63) is 65.0 Å². The first kappa shape index (κ1) is 17.0. The molecular weight excluding hydrogens is 342 g/mol. The molecule has 7 heteroatoms. The average Bonchev–Trinajstić information content (AvgIpc) is 3.09. The van der Waals surface area contributed by atoms with Gasteiger partial charge in [0.25, 0.3) is 0 Å². The number of rotatable bonds is 6. The van der Waals surface area contributed by atoms with Crippen LogP contribution in [0.15, 0.2) is 52.9 Å². The number of nitrogens with one attached hydrogen (secondary N) is 1. The van der Waals surface area contributed by atoms with Gasteiger partial charge in [-0.05, 0) is 37.3 Å². The minimum absolute atomic E-state index is 0.282. The lowest BCUT2D eigenvalue weighted by Crippen LogP contribution is -2.09. The Kier molecular flexibility index (Phi) is 5.30. The number of hydrogen-bond acceptors (Lipinski definition) is 6. The van der Waals surface area contributed by atoms with Crippen molar-refractivity contribution in [1.29, 1.82) is 0 Å². The maximum atomic E-state index is 12.0. The monoisotopic (exact) mass is 357 g/mol. The van der Waals surface area contributed by atoms with Crippen molar-refractivity contribution in [2.75, 3.05) is 11.9 Å². The minimum atomic E-state index is -0.379. The molecule has 0 saturated carbocycles. The van der Waals surface area contributed by atoms with Gasteiger partial charge in [-0.2, -0.15) is 0 Å². The number of ether oxygens (including phenoxy) is 1. The van der Waals surface area contributed by atoms with Gasteiger partial charge in [0.05, 0.1) is 18.7 Å². The maximum absolute atomic E-state index is 12.0. The number of anilines is 1. The van der Waals surface area contributed by atoms with Gasteiger partial charge in [-0.15, -0.1) is 10.2 Å². The van der Waals surface area contributed by atoms with Crippen LogP contribution in [0.25, 0.3) is 11.5 Å². The van der Waals surface area contributed by atoms with Crippen LogP contribution < -0.4 is 5.32 Å². The van der Waals surface area contributed by atoms with Crippen molar-refractivity contribution in [1.82, 2.24) is 10.2 Å². The topological polar surface area (TPSA) is 77.2 Å². The summed E-state index contributed by atoms with van der Waals surface area (Å²) in [5.41, 5.74) is 1.85. The van der Waals surface area contributed by atoms with Crippen LogP contribution in [0.3, 0.4) is 0 Å². The quantitative estimate of drug-likeness (QED) is 0.667. The van der Waals surface area contributed by atoms with Gasteiger partial charge < -0.3 is 14.5 Å². The summed E-state index contributed by atoms with van der Waals surface area (Å²) in [6.07, 6.45) is 0. The normalized spacial score (nSPS) is 10.5. The van der Waals surface area contributed by atoms with Gasteiger partial charge in [0.1, 0.15) is 0 Å². The number of aromatic nitrogens is 2. The first-order chi connectivity index (χ1) is 12.2. The van der Waals surface area contributed by atoms with Gasteiger partial charge in [0.2, 0.25) is 11.8 Å². The molecule has 25 heavy (non-hydrogen) atoms. The zero-order valence-corrected chi connectivity index (χ0v) is 14.3. The zero-order valence-electron chi connectivity index (χ0n) is 13.5. The second-order valence-corrected chi connectivity index (χ2v) is 5.57. The first-order valence-electron chi connectivity index (χ1n) is 7.75. The molecule has 0 aliphatic carbocycles. The van der Waals surface area contributed by atoms with Gasteiger partial charge in [-0.25, -0.2) is 4.79 Å². The fourth-order valence-electron chi connectivity index (χ4n) is 2.26. The molecule has 3 rings (SSSR count). The number of benzene rings is 2. The molecule has 0 fully saturated rings. The highest BCUT2D eigenvalue weighted by atomic mass is 35.5. The van der Waals surface area contributed by atoms with Crippen LogP contribution in [0, 0.1) is 0 Å². The third-order valence-electron chi connectivity index (χ3n) is 3.39. The smallest absolute Gasteiger partial charge is 0.340 e. The Morgan fingerprint density at radius 1 is 1.20 bits per heavy atom. The fraction of sp³-hybridized carbons (Fsp3) is 0.167. The predicted octanol–water partition coefficient (Wildman–Crippen LogP) is 4.18. The van der Waals surface area contributed by atoms with Crippen LogP contribution in [0.5, 0.6) is 0 Å². The Morgan fingerprint density at radius 3 is 2.84 bits per heavy atom. The van der Waals surface area contributed by atoms with E-state index in [0.29, 0.717) is 34.7 Å². The number of carbonyl (C=O) groups excluding carboxylic acids is 1. The van der Waals surface area contributed by atoms with E-state index in [0.717, 1.165) is 5.56 Å². The average molecular weight is 358 g/mol. The van der Waals surface area contributed by atoms with E-state index >= 15 is 0 Å². The molecule has 1 heterocycles. The van der Waals surface area contributed by atoms with Crippen molar-refractivity contribution in [2.24, 2.45) is 0 Å². The summed E-state index contributed by atoms with van der Waals surface area (Å²) in [4.78, 5) is 12.0. The molecule has 0 bridgehead atoms. The standard InChI is InChI=1S/C18H16ClN3O3/c1-2-24-18(23)14-8-3-4-9-15(14)20-11-16-21-22-17(25-16)12-6-5-7-13(19)10-12/h3-10,20H,2,11H2,1H3. The second-order valence-electron chi connectivity index (χ2n) is 5.13. The lowest BCUT2D eigenvalue weighted by atomic mass is 10.2. The van der Waals surface area contributed by atoms with E-state index in [9.17, 15) is 4.79 Å². The number of esters is 1. The van der Waals surface area contributed by atoms with Crippen LogP contribution >= 0.6 is 11.6 Å². The first-order valence-corrected chi connectivity index (χ1v) is 8.13. The molecular formula is C18H16ClN3O3. The predicted molar refractivity (Wildman–Crippen MR) is 94.5 cm³/mol. The molecule has 0 saturated heterocycles. The number of nitrogens with zero attached hydrogens (tertiary/aromatic N) is 2. The molecule has 6 nitrogen and oxygen atoms in total. The molecule has 0 aliphatic heterocycles. The van der Waals surface area contributed by atoms with Crippen molar-refractivity contribution < 1.29 is 13.9 Å². The maximum Gasteiger partial charge on any atom is 0.340 e. The summed E-state index contributed by atoms with van der Waals surface area (Å²) in [7, 11) is 0. The molecule has 0 unspecified atom stereocenters. The van der Waals surface area contributed by atoms with E-state index in [1.165, 1.54) is 0 Å². The fourth-order valence-corrected chi connectivity index (χ4v) is 2.45. The molecule has 0 spiro atoms. The van der Waals surface area contributed by atoms with E-state index in [1.54, 1.807) is 37.3 Å².